The van der Waals surface area contributed by atoms with Gasteiger partial charge in [0.2, 0.25) is 0 Å². The van der Waals surface area contributed by atoms with E-state index in [0.29, 0.717) is 13.0 Å². The van der Waals surface area contributed by atoms with Gasteiger partial charge in [0.1, 0.15) is 12.7 Å². The Hall–Kier alpha value is -1.73. The first kappa shape index (κ1) is 16.1. The Kier molecular flexibility index (Phi) is 4.50. The molecule has 0 spiro atoms. The Balaban J connectivity index is 1.72. The van der Waals surface area contributed by atoms with Crippen molar-refractivity contribution < 1.29 is 8.42 Å². The number of rotatable bonds is 3. The van der Waals surface area contributed by atoms with Crippen LogP contribution in [0.15, 0.2) is 30.9 Å². The Morgan fingerprint density at radius 1 is 1.30 bits per heavy atom. The van der Waals surface area contributed by atoms with Gasteiger partial charge in [0.25, 0.3) is 0 Å². The quantitative estimate of drug-likeness (QED) is 0.852. The number of aryl methyl sites for hydroxylation is 1. The summed E-state index contributed by atoms with van der Waals surface area (Å²) in [6.45, 7) is 6.08. The lowest BCUT2D eigenvalue weighted by Gasteiger charge is -2.20. The summed E-state index contributed by atoms with van der Waals surface area (Å²) < 4.78 is 25.7. The van der Waals surface area contributed by atoms with Gasteiger partial charge in [-0.3, -0.25) is 4.90 Å². The molecule has 0 radical (unpaired) electrons. The van der Waals surface area contributed by atoms with Crippen LogP contribution in [-0.4, -0.2) is 52.2 Å². The molecule has 0 N–H and O–H groups in total. The molecule has 2 aromatic rings. The number of nitrogens with zero attached hydrogens (tertiary/aromatic N) is 4. The molecule has 3 rings (SSSR count). The molecule has 1 aliphatic rings. The fourth-order valence-corrected chi connectivity index (χ4v) is 4.31. The van der Waals surface area contributed by atoms with Crippen molar-refractivity contribution in [3.05, 3.63) is 42.0 Å². The maximum absolute atomic E-state index is 12.0. The molecule has 0 saturated carbocycles. The SMILES string of the molecule is Cc1cc(CN2CCC(C)S(=O)(=O)CC2)ccc1-n1cncn1. The highest BCUT2D eigenvalue weighted by molar-refractivity contribution is 7.92. The van der Waals surface area contributed by atoms with Crippen molar-refractivity contribution in [3.63, 3.8) is 0 Å². The lowest BCUT2D eigenvalue weighted by Crippen LogP contribution is -2.26. The predicted octanol–water partition coefficient (Wildman–Crippen LogP) is 1.58. The van der Waals surface area contributed by atoms with E-state index in [0.717, 1.165) is 24.3 Å². The Bertz CT molecular complexity index is 771. The van der Waals surface area contributed by atoms with Crippen LogP contribution in [0.2, 0.25) is 0 Å². The zero-order valence-electron chi connectivity index (χ0n) is 13.5. The van der Waals surface area contributed by atoms with Crippen LogP contribution in [0.1, 0.15) is 24.5 Å². The first-order valence-electron chi connectivity index (χ1n) is 7.84. The fraction of sp³-hybridized carbons (Fsp3) is 0.500. The smallest absolute Gasteiger partial charge is 0.154 e. The topological polar surface area (TPSA) is 68.1 Å². The van der Waals surface area contributed by atoms with Gasteiger partial charge in [-0.25, -0.2) is 18.1 Å². The third-order valence-corrected chi connectivity index (χ3v) is 6.70. The van der Waals surface area contributed by atoms with E-state index in [1.807, 2.05) is 13.0 Å². The van der Waals surface area contributed by atoms with Crippen LogP contribution >= 0.6 is 0 Å². The largest absolute Gasteiger partial charge is 0.298 e. The molecular formula is C16H22N4O2S. The normalized spacial score (nSPS) is 21.9. The highest BCUT2D eigenvalue weighted by Crippen LogP contribution is 2.18. The predicted molar refractivity (Wildman–Crippen MR) is 89.2 cm³/mol. The Morgan fingerprint density at radius 2 is 2.13 bits per heavy atom. The number of benzene rings is 1. The van der Waals surface area contributed by atoms with E-state index in [-0.39, 0.29) is 11.0 Å². The van der Waals surface area contributed by atoms with Gasteiger partial charge < -0.3 is 0 Å². The summed E-state index contributed by atoms with van der Waals surface area (Å²) in [6.07, 6.45) is 3.91. The van der Waals surface area contributed by atoms with Crippen LogP contribution in [0.25, 0.3) is 5.69 Å². The van der Waals surface area contributed by atoms with Crippen LogP contribution < -0.4 is 0 Å². The van der Waals surface area contributed by atoms with Crippen LogP contribution in [0.4, 0.5) is 0 Å². The van der Waals surface area contributed by atoms with Gasteiger partial charge in [0, 0.05) is 13.1 Å². The summed E-state index contributed by atoms with van der Waals surface area (Å²) in [4.78, 5) is 6.20. The van der Waals surface area contributed by atoms with Crippen LogP contribution in [0.3, 0.4) is 0 Å². The lowest BCUT2D eigenvalue weighted by atomic mass is 10.1. The van der Waals surface area contributed by atoms with Crippen molar-refractivity contribution in [1.29, 1.82) is 0 Å². The van der Waals surface area contributed by atoms with Crippen molar-refractivity contribution in [2.75, 3.05) is 18.8 Å². The van der Waals surface area contributed by atoms with Gasteiger partial charge in [-0.15, -0.1) is 0 Å². The van der Waals surface area contributed by atoms with Crippen molar-refractivity contribution in [2.24, 2.45) is 0 Å². The van der Waals surface area contributed by atoms with Gasteiger partial charge >= 0.3 is 0 Å². The fourth-order valence-electron chi connectivity index (χ4n) is 2.94. The van der Waals surface area contributed by atoms with Gasteiger partial charge in [-0.1, -0.05) is 12.1 Å². The second-order valence-corrected chi connectivity index (χ2v) is 8.74. The Morgan fingerprint density at radius 3 is 2.83 bits per heavy atom. The van der Waals surface area contributed by atoms with Gasteiger partial charge in [-0.2, -0.15) is 5.10 Å². The summed E-state index contributed by atoms with van der Waals surface area (Å²) in [5, 5.41) is 3.93. The molecule has 1 unspecified atom stereocenters. The van der Waals surface area contributed by atoms with E-state index in [2.05, 4.69) is 34.0 Å². The molecule has 2 heterocycles. The lowest BCUT2D eigenvalue weighted by molar-refractivity contribution is 0.283. The molecule has 6 nitrogen and oxygen atoms in total. The molecule has 124 valence electrons. The third kappa shape index (κ3) is 3.61. The van der Waals surface area contributed by atoms with E-state index in [9.17, 15) is 8.42 Å². The summed E-state index contributed by atoms with van der Waals surface area (Å²) in [7, 11) is -2.93. The molecule has 1 aromatic carbocycles. The van der Waals surface area contributed by atoms with Crippen molar-refractivity contribution in [1.82, 2.24) is 19.7 Å². The maximum Gasteiger partial charge on any atom is 0.154 e. The monoisotopic (exact) mass is 334 g/mol. The van der Waals surface area contributed by atoms with E-state index < -0.39 is 9.84 Å². The molecule has 0 bridgehead atoms. The van der Waals surface area contributed by atoms with E-state index in [4.69, 9.17) is 0 Å². The molecule has 1 atom stereocenters. The zero-order chi connectivity index (χ0) is 16.4. The van der Waals surface area contributed by atoms with E-state index in [1.54, 1.807) is 11.0 Å². The maximum atomic E-state index is 12.0. The number of hydrogen-bond acceptors (Lipinski definition) is 5. The number of hydrogen-bond donors (Lipinski definition) is 0. The van der Waals surface area contributed by atoms with Gasteiger partial charge in [0.15, 0.2) is 9.84 Å². The van der Waals surface area contributed by atoms with E-state index >= 15 is 0 Å². The first-order chi connectivity index (χ1) is 11.0. The van der Waals surface area contributed by atoms with Crippen molar-refractivity contribution in [3.8, 4) is 5.69 Å². The molecule has 0 amide bonds. The van der Waals surface area contributed by atoms with Crippen LogP contribution in [-0.2, 0) is 16.4 Å². The van der Waals surface area contributed by atoms with Crippen LogP contribution in [0.5, 0.6) is 0 Å². The molecule has 1 aliphatic heterocycles. The summed E-state index contributed by atoms with van der Waals surface area (Å²) in [5.41, 5.74) is 3.33. The highest BCUT2D eigenvalue weighted by Gasteiger charge is 2.26. The zero-order valence-corrected chi connectivity index (χ0v) is 14.3. The van der Waals surface area contributed by atoms with Gasteiger partial charge in [-0.05, 0) is 44.0 Å². The number of sulfone groups is 1. The van der Waals surface area contributed by atoms with Crippen LogP contribution in [0, 0.1) is 6.92 Å². The number of aromatic nitrogens is 3. The molecule has 1 saturated heterocycles. The molecule has 0 aliphatic carbocycles. The van der Waals surface area contributed by atoms with Crippen molar-refractivity contribution in [2.45, 2.75) is 32.1 Å². The molecule has 1 fully saturated rings. The molecule has 1 aromatic heterocycles. The summed E-state index contributed by atoms with van der Waals surface area (Å²) in [5.74, 6) is 0.254. The molecule has 7 heteroatoms. The summed E-state index contributed by atoms with van der Waals surface area (Å²) in [6, 6.07) is 6.25. The standard InChI is InChI=1S/C16H22N4O2S/c1-13-9-15(3-4-16(13)20-12-17-11-18-20)10-19-6-5-14(2)23(21,22)8-7-19/h3-4,9,11-12,14H,5-8,10H2,1-2H3. The van der Waals surface area contributed by atoms with E-state index in [1.165, 1.54) is 11.9 Å². The minimum atomic E-state index is -2.93. The second kappa shape index (κ2) is 6.41. The second-order valence-electron chi connectivity index (χ2n) is 6.20. The summed E-state index contributed by atoms with van der Waals surface area (Å²) >= 11 is 0. The molecular weight excluding hydrogens is 312 g/mol. The first-order valence-corrected chi connectivity index (χ1v) is 9.56. The minimum absolute atomic E-state index is 0.232. The Labute approximate surface area is 137 Å². The average Bonchev–Trinajstić information content (AvgIpc) is 2.99. The molecule has 23 heavy (non-hydrogen) atoms. The highest BCUT2D eigenvalue weighted by atomic mass is 32.2. The minimum Gasteiger partial charge on any atom is -0.298 e. The third-order valence-electron chi connectivity index (χ3n) is 4.49. The van der Waals surface area contributed by atoms with Crippen molar-refractivity contribution >= 4 is 9.84 Å². The average molecular weight is 334 g/mol. The van der Waals surface area contributed by atoms with Gasteiger partial charge in [0.05, 0.1) is 16.7 Å².